The van der Waals surface area contributed by atoms with Crippen molar-refractivity contribution in [1.29, 1.82) is 0 Å². The quantitative estimate of drug-likeness (QED) is 0.528. The van der Waals surface area contributed by atoms with Crippen molar-refractivity contribution in [2.24, 2.45) is 0 Å². The van der Waals surface area contributed by atoms with E-state index in [4.69, 9.17) is 9.47 Å². The van der Waals surface area contributed by atoms with E-state index in [-0.39, 0.29) is 12.0 Å². The van der Waals surface area contributed by atoms with Gasteiger partial charge in [0.1, 0.15) is 5.75 Å². The van der Waals surface area contributed by atoms with Gasteiger partial charge in [-0.05, 0) is 49.1 Å². The van der Waals surface area contributed by atoms with Crippen molar-refractivity contribution in [2.45, 2.75) is 46.4 Å². The number of nitrogens with one attached hydrogen (secondary N) is 2. The number of carbonyl (C=O) groups is 2. The number of hydrogen-bond donors (Lipinski definition) is 2. The number of para-hydroxylation sites is 1. The summed E-state index contributed by atoms with van der Waals surface area (Å²) >= 11 is 0. The number of urea groups is 1. The lowest BCUT2D eigenvalue weighted by molar-refractivity contribution is 0.0526. The Morgan fingerprint density at radius 3 is 2.32 bits per heavy atom. The lowest BCUT2D eigenvalue weighted by atomic mass is 10.0. The van der Waals surface area contributed by atoms with E-state index in [9.17, 15) is 9.59 Å². The van der Waals surface area contributed by atoms with Crippen LogP contribution in [0, 0.1) is 0 Å². The van der Waals surface area contributed by atoms with Gasteiger partial charge in [0.05, 0.1) is 12.2 Å². The van der Waals surface area contributed by atoms with Crippen LogP contribution in [0.25, 0.3) is 0 Å². The van der Waals surface area contributed by atoms with E-state index in [2.05, 4.69) is 24.5 Å². The molecule has 1 unspecified atom stereocenters. The van der Waals surface area contributed by atoms with Crippen molar-refractivity contribution in [2.75, 3.05) is 6.61 Å². The highest BCUT2D eigenvalue weighted by Crippen LogP contribution is 2.26. The van der Waals surface area contributed by atoms with E-state index in [1.807, 2.05) is 24.3 Å². The fraction of sp³-hybridized carbons (Fsp3) is 0.364. The van der Waals surface area contributed by atoms with Crippen LogP contribution in [0.4, 0.5) is 4.79 Å². The van der Waals surface area contributed by atoms with Crippen LogP contribution in [0.5, 0.6) is 5.75 Å². The molecule has 0 aromatic heterocycles. The fourth-order valence-corrected chi connectivity index (χ4v) is 2.68. The molecule has 0 saturated carbocycles. The van der Waals surface area contributed by atoms with E-state index in [1.165, 1.54) is 0 Å². The van der Waals surface area contributed by atoms with Crippen molar-refractivity contribution in [1.82, 2.24) is 10.6 Å². The fourth-order valence-electron chi connectivity index (χ4n) is 2.68. The number of amides is 2. The van der Waals surface area contributed by atoms with Crippen LogP contribution in [0.1, 0.15) is 55.1 Å². The highest BCUT2D eigenvalue weighted by Gasteiger charge is 2.12. The molecule has 28 heavy (non-hydrogen) atoms. The molecule has 2 rings (SSSR count). The summed E-state index contributed by atoms with van der Waals surface area (Å²) in [5.74, 6) is 0.738. The van der Waals surface area contributed by atoms with Crippen LogP contribution in [0.3, 0.4) is 0 Å². The maximum atomic E-state index is 12.1. The molecule has 2 aromatic carbocycles. The molecule has 0 radical (unpaired) electrons. The average Bonchev–Trinajstić information content (AvgIpc) is 2.67. The van der Waals surface area contributed by atoms with E-state index in [0.29, 0.717) is 24.6 Å². The lowest BCUT2D eigenvalue weighted by Gasteiger charge is -2.20. The van der Waals surface area contributed by atoms with Crippen LogP contribution < -0.4 is 15.4 Å². The normalized spacial score (nSPS) is 11.6. The topological polar surface area (TPSA) is 76.7 Å². The maximum Gasteiger partial charge on any atom is 0.338 e. The zero-order valence-corrected chi connectivity index (χ0v) is 16.8. The Kier molecular flexibility index (Phi) is 7.87. The van der Waals surface area contributed by atoms with Gasteiger partial charge >= 0.3 is 12.0 Å². The van der Waals surface area contributed by atoms with Gasteiger partial charge in [0.25, 0.3) is 0 Å². The predicted octanol–water partition coefficient (Wildman–Crippen LogP) is 4.21. The van der Waals surface area contributed by atoms with Gasteiger partial charge in [-0.15, -0.1) is 0 Å². The third kappa shape index (κ3) is 6.30. The molecular weight excluding hydrogens is 356 g/mol. The highest BCUT2D eigenvalue weighted by molar-refractivity contribution is 5.89. The molecule has 0 aliphatic rings. The minimum atomic E-state index is -0.480. The number of esters is 1. The summed E-state index contributed by atoms with van der Waals surface area (Å²) in [5.41, 5.74) is 2.46. The molecule has 0 heterocycles. The Bertz CT molecular complexity index is 787. The van der Waals surface area contributed by atoms with Gasteiger partial charge in [-0.3, -0.25) is 0 Å². The standard InChI is InChI=1S/C22H28N2O4/c1-5-27-21(25)18-12-10-17(11-13-18)14-23-22(26)24-16(4)28-20-9-7-6-8-19(20)15(2)3/h6-13,15-16H,5,14H2,1-4H3,(H2,23,24,26). The largest absolute Gasteiger partial charge is 0.471 e. The second-order valence-corrected chi connectivity index (χ2v) is 6.70. The molecule has 6 nitrogen and oxygen atoms in total. The number of hydrogen-bond acceptors (Lipinski definition) is 4. The second kappa shape index (κ2) is 10.3. The Morgan fingerprint density at radius 2 is 1.68 bits per heavy atom. The molecular formula is C22H28N2O4. The molecule has 2 aromatic rings. The molecule has 2 amide bonds. The molecule has 0 aliphatic carbocycles. The monoisotopic (exact) mass is 384 g/mol. The summed E-state index contributed by atoms with van der Waals surface area (Å²) in [7, 11) is 0. The Morgan fingerprint density at radius 1 is 1.00 bits per heavy atom. The van der Waals surface area contributed by atoms with Crippen LogP contribution in [0.15, 0.2) is 48.5 Å². The highest BCUT2D eigenvalue weighted by atomic mass is 16.5. The van der Waals surface area contributed by atoms with Crippen LogP contribution >= 0.6 is 0 Å². The summed E-state index contributed by atoms with van der Waals surface area (Å²) < 4.78 is 10.8. The summed E-state index contributed by atoms with van der Waals surface area (Å²) in [6.45, 7) is 8.42. The van der Waals surface area contributed by atoms with Crippen molar-refractivity contribution in [3.63, 3.8) is 0 Å². The molecule has 0 fully saturated rings. The van der Waals surface area contributed by atoms with Crippen LogP contribution in [-0.2, 0) is 11.3 Å². The second-order valence-electron chi connectivity index (χ2n) is 6.70. The van der Waals surface area contributed by atoms with Gasteiger partial charge in [0.2, 0.25) is 0 Å². The van der Waals surface area contributed by atoms with Gasteiger partial charge in [0, 0.05) is 6.54 Å². The first-order valence-electron chi connectivity index (χ1n) is 9.46. The third-order valence-corrected chi connectivity index (χ3v) is 4.10. The van der Waals surface area contributed by atoms with Crippen molar-refractivity contribution in [3.8, 4) is 5.75 Å². The van der Waals surface area contributed by atoms with Crippen LogP contribution in [0.2, 0.25) is 0 Å². The number of benzene rings is 2. The predicted molar refractivity (Wildman–Crippen MR) is 108 cm³/mol. The minimum Gasteiger partial charge on any atom is -0.471 e. The Hall–Kier alpha value is -3.02. The SMILES string of the molecule is CCOC(=O)c1ccc(CNC(=O)NC(C)Oc2ccccc2C(C)C)cc1. The molecule has 150 valence electrons. The van der Waals surface area contributed by atoms with Gasteiger partial charge in [0.15, 0.2) is 6.23 Å². The van der Waals surface area contributed by atoms with Gasteiger partial charge < -0.3 is 20.1 Å². The lowest BCUT2D eigenvalue weighted by Crippen LogP contribution is -2.43. The first-order valence-corrected chi connectivity index (χ1v) is 9.46. The van der Waals surface area contributed by atoms with E-state index < -0.39 is 6.23 Å². The Balaban J connectivity index is 1.83. The molecule has 0 spiro atoms. The molecule has 0 bridgehead atoms. The molecule has 0 saturated heterocycles. The summed E-state index contributed by atoms with van der Waals surface area (Å²) in [4.78, 5) is 23.8. The first kappa shape index (κ1) is 21.3. The van der Waals surface area contributed by atoms with Crippen LogP contribution in [-0.4, -0.2) is 24.8 Å². The zero-order valence-electron chi connectivity index (χ0n) is 16.8. The average molecular weight is 384 g/mol. The molecule has 0 aliphatic heterocycles. The third-order valence-electron chi connectivity index (χ3n) is 4.10. The minimum absolute atomic E-state index is 0.329. The number of carbonyl (C=O) groups excluding carboxylic acids is 2. The van der Waals surface area contributed by atoms with E-state index >= 15 is 0 Å². The Labute approximate surface area is 166 Å². The zero-order chi connectivity index (χ0) is 20.5. The molecule has 6 heteroatoms. The summed E-state index contributed by atoms with van der Waals surface area (Å²) in [6.07, 6.45) is -0.480. The summed E-state index contributed by atoms with van der Waals surface area (Å²) in [5, 5.41) is 5.55. The maximum absolute atomic E-state index is 12.1. The molecule has 1 atom stereocenters. The van der Waals surface area contributed by atoms with Gasteiger partial charge in [-0.25, -0.2) is 9.59 Å². The van der Waals surface area contributed by atoms with Gasteiger partial charge in [-0.1, -0.05) is 44.2 Å². The smallest absolute Gasteiger partial charge is 0.338 e. The van der Waals surface area contributed by atoms with E-state index in [0.717, 1.165) is 16.9 Å². The van der Waals surface area contributed by atoms with E-state index in [1.54, 1.807) is 38.1 Å². The first-order chi connectivity index (χ1) is 13.4. The number of ether oxygens (including phenoxy) is 2. The van der Waals surface area contributed by atoms with Gasteiger partial charge in [-0.2, -0.15) is 0 Å². The van der Waals surface area contributed by atoms with Crippen molar-refractivity contribution in [3.05, 3.63) is 65.2 Å². The molecule has 2 N–H and O–H groups in total. The summed E-state index contributed by atoms with van der Waals surface area (Å²) in [6, 6.07) is 14.4. The number of rotatable bonds is 8. The van der Waals surface area contributed by atoms with Crippen molar-refractivity contribution < 1.29 is 19.1 Å². The van der Waals surface area contributed by atoms with Crippen molar-refractivity contribution >= 4 is 12.0 Å².